The number of aromatic nitrogens is 2. The normalized spacial score (nSPS) is 21.4. The fraction of sp³-hybridized carbons (Fsp3) is 0.400. The van der Waals surface area contributed by atoms with Gasteiger partial charge in [-0.15, -0.1) is 0 Å². The number of benzene rings is 1. The fourth-order valence-corrected chi connectivity index (χ4v) is 2.97. The summed E-state index contributed by atoms with van der Waals surface area (Å²) in [6.45, 7) is 0. The molecule has 2 N–H and O–H groups in total. The van der Waals surface area contributed by atoms with Crippen LogP contribution in [-0.2, 0) is 25.4 Å². The van der Waals surface area contributed by atoms with Gasteiger partial charge in [-0.3, -0.25) is 4.68 Å². The lowest BCUT2D eigenvalue weighted by Gasteiger charge is -2.25. The molecular formula is C15H19N3O. The monoisotopic (exact) mass is 257 g/mol. The van der Waals surface area contributed by atoms with Gasteiger partial charge in [0.15, 0.2) is 0 Å². The topological polar surface area (TPSA) is 53.1 Å². The van der Waals surface area contributed by atoms with Crippen molar-refractivity contribution < 1.29 is 4.74 Å². The first-order valence-corrected chi connectivity index (χ1v) is 6.54. The van der Waals surface area contributed by atoms with Gasteiger partial charge in [-0.05, 0) is 48.1 Å². The van der Waals surface area contributed by atoms with E-state index in [4.69, 9.17) is 10.5 Å². The molecule has 1 aliphatic rings. The molecule has 1 aromatic carbocycles. The number of nitrogens with zero attached hydrogens (tertiary/aromatic N) is 2. The van der Waals surface area contributed by atoms with E-state index in [-0.39, 0.29) is 5.54 Å². The van der Waals surface area contributed by atoms with E-state index in [2.05, 4.69) is 17.2 Å². The van der Waals surface area contributed by atoms with Crippen LogP contribution in [0.2, 0.25) is 0 Å². The predicted molar refractivity (Wildman–Crippen MR) is 74.1 cm³/mol. The number of fused-ring (bicyclic) bond motifs is 1. The smallest absolute Gasteiger partial charge is 0.119 e. The number of hydrogen-bond donors (Lipinski definition) is 1. The summed E-state index contributed by atoms with van der Waals surface area (Å²) in [6.07, 6.45) is 6.76. The lowest BCUT2D eigenvalue weighted by atomic mass is 9.87. The van der Waals surface area contributed by atoms with Crippen LogP contribution in [0.3, 0.4) is 0 Å². The molecule has 19 heavy (non-hydrogen) atoms. The van der Waals surface area contributed by atoms with Crippen LogP contribution in [0.4, 0.5) is 0 Å². The van der Waals surface area contributed by atoms with E-state index >= 15 is 0 Å². The summed E-state index contributed by atoms with van der Waals surface area (Å²) >= 11 is 0. The maximum atomic E-state index is 6.64. The van der Waals surface area contributed by atoms with Crippen LogP contribution in [0.1, 0.15) is 23.1 Å². The average molecular weight is 257 g/mol. The maximum Gasteiger partial charge on any atom is 0.119 e. The number of methoxy groups -OCH3 is 1. The lowest BCUT2D eigenvalue weighted by molar-refractivity contribution is 0.407. The zero-order valence-electron chi connectivity index (χ0n) is 11.4. The molecular weight excluding hydrogens is 238 g/mol. The highest BCUT2D eigenvalue weighted by Crippen LogP contribution is 2.39. The van der Waals surface area contributed by atoms with Crippen molar-refractivity contribution in [2.45, 2.75) is 24.8 Å². The molecule has 1 unspecified atom stereocenters. The van der Waals surface area contributed by atoms with Crippen LogP contribution in [0.25, 0.3) is 0 Å². The van der Waals surface area contributed by atoms with Gasteiger partial charge in [-0.25, -0.2) is 0 Å². The third kappa shape index (κ3) is 2.12. The van der Waals surface area contributed by atoms with E-state index in [9.17, 15) is 0 Å². The molecule has 0 bridgehead atoms. The molecule has 1 atom stereocenters. The van der Waals surface area contributed by atoms with E-state index < -0.39 is 0 Å². The van der Waals surface area contributed by atoms with Crippen molar-refractivity contribution >= 4 is 0 Å². The molecule has 0 saturated carbocycles. The Hall–Kier alpha value is -1.81. The molecule has 0 radical (unpaired) electrons. The summed E-state index contributed by atoms with van der Waals surface area (Å²) in [7, 11) is 3.62. The van der Waals surface area contributed by atoms with Gasteiger partial charge in [-0.1, -0.05) is 6.07 Å². The molecule has 4 nitrogen and oxygen atoms in total. The van der Waals surface area contributed by atoms with Crippen LogP contribution in [0.5, 0.6) is 5.75 Å². The minimum Gasteiger partial charge on any atom is -0.497 e. The Labute approximate surface area is 113 Å². The van der Waals surface area contributed by atoms with E-state index in [1.165, 1.54) is 16.7 Å². The SMILES string of the molecule is COc1ccc2c(c1)C(N)(Cc1cnn(C)c1)CC2. The second-order valence-electron chi connectivity index (χ2n) is 5.38. The maximum absolute atomic E-state index is 6.64. The largest absolute Gasteiger partial charge is 0.497 e. The van der Waals surface area contributed by atoms with Crippen molar-refractivity contribution in [3.63, 3.8) is 0 Å². The summed E-state index contributed by atoms with van der Waals surface area (Å²) in [5, 5.41) is 4.22. The van der Waals surface area contributed by atoms with Crippen molar-refractivity contribution in [2.24, 2.45) is 12.8 Å². The minimum atomic E-state index is -0.299. The Morgan fingerprint density at radius 2 is 2.32 bits per heavy atom. The molecule has 2 aromatic rings. The summed E-state index contributed by atoms with van der Waals surface area (Å²) in [6, 6.07) is 6.22. The van der Waals surface area contributed by atoms with Gasteiger partial charge in [0.2, 0.25) is 0 Å². The highest BCUT2D eigenvalue weighted by Gasteiger charge is 2.35. The quantitative estimate of drug-likeness (QED) is 0.911. The number of rotatable bonds is 3. The Bertz CT molecular complexity index is 605. The standard InChI is InChI=1S/C15H19N3O/c1-18-10-11(9-17-18)8-15(16)6-5-12-3-4-13(19-2)7-14(12)15/h3-4,7,9-10H,5-6,8,16H2,1-2H3. The zero-order chi connectivity index (χ0) is 13.5. The van der Waals surface area contributed by atoms with Crippen molar-refractivity contribution in [3.05, 3.63) is 47.3 Å². The highest BCUT2D eigenvalue weighted by molar-refractivity contribution is 5.44. The minimum absolute atomic E-state index is 0.299. The average Bonchev–Trinajstić information content (AvgIpc) is 2.94. The van der Waals surface area contributed by atoms with Gasteiger partial charge in [0.25, 0.3) is 0 Å². The van der Waals surface area contributed by atoms with Crippen LogP contribution < -0.4 is 10.5 Å². The molecule has 0 amide bonds. The van der Waals surface area contributed by atoms with Crippen molar-refractivity contribution in [1.82, 2.24) is 9.78 Å². The molecule has 0 spiro atoms. The summed E-state index contributed by atoms with van der Waals surface area (Å²) in [4.78, 5) is 0. The van der Waals surface area contributed by atoms with E-state index in [1.54, 1.807) is 7.11 Å². The molecule has 1 heterocycles. The molecule has 0 fully saturated rings. The third-order valence-electron chi connectivity index (χ3n) is 3.97. The first-order chi connectivity index (χ1) is 9.10. The third-order valence-corrected chi connectivity index (χ3v) is 3.97. The van der Waals surface area contributed by atoms with Crippen LogP contribution >= 0.6 is 0 Å². The first-order valence-electron chi connectivity index (χ1n) is 6.54. The van der Waals surface area contributed by atoms with E-state index in [1.807, 2.05) is 30.2 Å². The van der Waals surface area contributed by atoms with Crippen molar-refractivity contribution in [2.75, 3.05) is 7.11 Å². The summed E-state index contributed by atoms with van der Waals surface area (Å²) < 4.78 is 7.13. The second-order valence-corrected chi connectivity index (χ2v) is 5.38. The van der Waals surface area contributed by atoms with Gasteiger partial charge in [0.05, 0.1) is 13.3 Å². The highest BCUT2D eigenvalue weighted by atomic mass is 16.5. The number of ether oxygens (including phenoxy) is 1. The van der Waals surface area contributed by atoms with Crippen LogP contribution in [-0.4, -0.2) is 16.9 Å². The van der Waals surface area contributed by atoms with E-state index in [0.29, 0.717) is 0 Å². The molecule has 1 aromatic heterocycles. The van der Waals surface area contributed by atoms with Crippen molar-refractivity contribution in [3.8, 4) is 5.75 Å². The molecule has 1 aliphatic carbocycles. The van der Waals surface area contributed by atoms with Gasteiger partial charge in [0.1, 0.15) is 5.75 Å². The number of hydrogen-bond acceptors (Lipinski definition) is 3. The fourth-order valence-electron chi connectivity index (χ4n) is 2.97. The van der Waals surface area contributed by atoms with Gasteiger partial charge in [-0.2, -0.15) is 5.10 Å². The molecule has 4 heteroatoms. The van der Waals surface area contributed by atoms with Gasteiger partial charge < -0.3 is 10.5 Å². The molecule has 0 aliphatic heterocycles. The van der Waals surface area contributed by atoms with Gasteiger partial charge in [0, 0.05) is 18.8 Å². The molecule has 3 rings (SSSR count). The van der Waals surface area contributed by atoms with E-state index in [0.717, 1.165) is 25.0 Å². The Morgan fingerprint density at radius 1 is 1.47 bits per heavy atom. The molecule has 100 valence electrons. The lowest BCUT2D eigenvalue weighted by Crippen LogP contribution is -2.36. The second kappa shape index (κ2) is 4.38. The first kappa shape index (κ1) is 12.2. The van der Waals surface area contributed by atoms with Crippen LogP contribution in [0, 0.1) is 0 Å². The Kier molecular flexibility index (Phi) is 2.82. The summed E-state index contributed by atoms with van der Waals surface area (Å²) in [5.74, 6) is 0.877. The summed E-state index contributed by atoms with van der Waals surface area (Å²) in [5.41, 5.74) is 10.1. The number of aryl methyl sites for hydroxylation is 2. The molecule has 0 saturated heterocycles. The van der Waals surface area contributed by atoms with Gasteiger partial charge >= 0.3 is 0 Å². The van der Waals surface area contributed by atoms with Crippen LogP contribution in [0.15, 0.2) is 30.6 Å². The predicted octanol–water partition coefficient (Wildman–Crippen LogP) is 1.77. The number of nitrogens with two attached hydrogens (primary N) is 1. The zero-order valence-corrected chi connectivity index (χ0v) is 11.4. The van der Waals surface area contributed by atoms with Crippen molar-refractivity contribution in [1.29, 1.82) is 0 Å². The Morgan fingerprint density at radius 3 is 3.00 bits per heavy atom. The Balaban J connectivity index is 1.94.